The van der Waals surface area contributed by atoms with E-state index in [4.69, 9.17) is 11.3 Å². The number of nitrogens with zero attached hydrogens (tertiary/aromatic N) is 5. The van der Waals surface area contributed by atoms with Crippen molar-refractivity contribution in [3.05, 3.63) is 33.2 Å². The molecule has 1 aliphatic rings. The summed E-state index contributed by atoms with van der Waals surface area (Å²) in [6.45, 7) is -0.216. The Morgan fingerprint density at radius 3 is 3.00 bits per heavy atom. The monoisotopic (exact) mass is 332 g/mol. The van der Waals surface area contributed by atoms with Crippen molar-refractivity contribution in [1.29, 1.82) is 0 Å². The number of aliphatic hydroxyl groups excluding tert-OH is 2. The summed E-state index contributed by atoms with van der Waals surface area (Å²) in [7, 11) is 0. The zero-order valence-electron chi connectivity index (χ0n) is 9.70. The van der Waals surface area contributed by atoms with Crippen molar-refractivity contribution in [3.63, 3.8) is 0 Å². The van der Waals surface area contributed by atoms with Gasteiger partial charge in [-0.1, -0.05) is 0 Å². The molecule has 4 atom stereocenters. The van der Waals surface area contributed by atoms with Gasteiger partial charge in [-0.2, -0.15) is 0 Å². The van der Waals surface area contributed by atoms with Gasteiger partial charge in [0.15, 0.2) is 0 Å². The van der Waals surface area contributed by atoms with Crippen molar-refractivity contribution >= 4 is 20.8 Å². The molecule has 0 radical (unpaired) electrons. The molecule has 1 saturated heterocycles. The maximum absolute atomic E-state index is 11.8. The topological polar surface area (TPSA) is 150 Å². The molecular formula is C9H12N6O3Se. The summed E-state index contributed by atoms with van der Waals surface area (Å²) in [6, 6.07) is 0.675. The van der Waals surface area contributed by atoms with Gasteiger partial charge in [-0.3, -0.25) is 0 Å². The minimum atomic E-state index is -0.963. The zero-order chi connectivity index (χ0) is 14.0. The van der Waals surface area contributed by atoms with Gasteiger partial charge >= 0.3 is 113 Å². The van der Waals surface area contributed by atoms with Gasteiger partial charge in [0.1, 0.15) is 0 Å². The van der Waals surface area contributed by atoms with Crippen molar-refractivity contribution in [1.82, 2.24) is 9.55 Å². The van der Waals surface area contributed by atoms with Crippen molar-refractivity contribution in [2.45, 2.75) is 21.9 Å². The molecular weight excluding hydrogens is 319 g/mol. The summed E-state index contributed by atoms with van der Waals surface area (Å²) in [5.74, 6) is 0.103. The summed E-state index contributed by atoms with van der Waals surface area (Å²) < 4.78 is 1.30. The Kier molecular flexibility index (Phi) is 4.08. The van der Waals surface area contributed by atoms with Crippen LogP contribution in [-0.2, 0) is 0 Å². The molecule has 10 heteroatoms. The Balaban J connectivity index is 2.41. The first-order chi connectivity index (χ1) is 9.08. The molecule has 0 spiro atoms. The van der Waals surface area contributed by atoms with E-state index in [0.29, 0.717) is 0 Å². The van der Waals surface area contributed by atoms with Crippen molar-refractivity contribution < 1.29 is 10.2 Å². The van der Waals surface area contributed by atoms with Gasteiger partial charge < -0.3 is 0 Å². The van der Waals surface area contributed by atoms with Crippen LogP contribution in [0.3, 0.4) is 0 Å². The predicted molar refractivity (Wildman–Crippen MR) is 67.5 cm³/mol. The molecule has 1 fully saturated rings. The maximum atomic E-state index is 11.8. The van der Waals surface area contributed by atoms with Crippen LogP contribution in [0.5, 0.6) is 0 Å². The Morgan fingerprint density at radius 2 is 2.42 bits per heavy atom. The predicted octanol–water partition coefficient (Wildman–Crippen LogP) is -1.14. The van der Waals surface area contributed by atoms with Gasteiger partial charge in [-0.15, -0.1) is 0 Å². The molecule has 4 N–H and O–H groups in total. The van der Waals surface area contributed by atoms with E-state index in [1.807, 2.05) is 0 Å². The van der Waals surface area contributed by atoms with E-state index >= 15 is 0 Å². The molecule has 1 aliphatic heterocycles. The van der Waals surface area contributed by atoms with Crippen LogP contribution in [-0.4, -0.2) is 53.5 Å². The molecule has 0 unspecified atom stereocenters. The number of anilines is 1. The molecule has 1 aromatic rings. The summed E-state index contributed by atoms with van der Waals surface area (Å²) in [6.07, 6.45) is 0.499. The summed E-state index contributed by atoms with van der Waals surface area (Å²) in [4.78, 5) is 17.2. The molecule has 0 saturated carbocycles. The van der Waals surface area contributed by atoms with E-state index in [2.05, 4.69) is 15.0 Å². The van der Waals surface area contributed by atoms with Gasteiger partial charge in [0.2, 0.25) is 0 Å². The van der Waals surface area contributed by atoms with Gasteiger partial charge in [-0.25, -0.2) is 0 Å². The molecule has 0 aromatic carbocycles. The zero-order valence-corrected chi connectivity index (χ0v) is 11.4. The van der Waals surface area contributed by atoms with Crippen molar-refractivity contribution in [2.75, 3.05) is 12.3 Å². The Hall–Kier alpha value is -1.57. The third-order valence-corrected chi connectivity index (χ3v) is 6.11. The van der Waals surface area contributed by atoms with E-state index in [-0.39, 0.29) is 32.2 Å². The molecule has 1 aromatic heterocycles. The fourth-order valence-electron chi connectivity index (χ4n) is 1.91. The first-order valence-corrected chi connectivity index (χ1v) is 7.39. The Bertz CT molecular complexity index is 571. The van der Waals surface area contributed by atoms with Gasteiger partial charge in [0.05, 0.1) is 0 Å². The second kappa shape index (κ2) is 5.60. The molecule has 2 heterocycles. The van der Waals surface area contributed by atoms with Crippen LogP contribution in [0, 0.1) is 0 Å². The van der Waals surface area contributed by atoms with Crippen LogP contribution in [0.25, 0.3) is 10.4 Å². The summed E-state index contributed by atoms with van der Waals surface area (Å²) in [5.41, 5.74) is 13.4. The standard InChI is InChI=1S/C9H12N6O3Se/c10-5-1-2-15(9(18)12-5)8-6(13-14-11)7(17)4(3-16)19-8/h1-2,4,6-8,16-17H,3H2,(H2,10,12,18)/t4-,6-,7-,8-/m1/s1. The van der Waals surface area contributed by atoms with E-state index in [1.54, 1.807) is 0 Å². The molecule has 0 bridgehead atoms. The number of hydrogen-bond acceptors (Lipinski definition) is 6. The normalized spacial score (nSPS) is 30.0. The number of nitrogens with two attached hydrogens (primary N) is 1. The van der Waals surface area contributed by atoms with Crippen LogP contribution in [0.2, 0.25) is 4.82 Å². The Morgan fingerprint density at radius 1 is 1.68 bits per heavy atom. The third kappa shape index (κ3) is 2.58. The fourth-order valence-corrected chi connectivity index (χ4v) is 4.92. The van der Waals surface area contributed by atoms with Gasteiger partial charge in [-0.05, 0) is 0 Å². The molecule has 19 heavy (non-hydrogen) atoms. The quantitative estimate of drug-likeness (QED) is 0.277. The molecule has 2 rings (SSSR count). The average Bonchev–Trinajstić information content (AvgIpc) is 2.68. The minimum absolute atomic E-state index is 0.103. The number of azide groups is 1. The fraction of sp³-hybridized carbons (Fsp3) is 0.556. The summed E-state index contributed by atoms with van der Waals surface area (Å²) in [5, 5.41) is 22.7. The van der Waals surface area contributed by atoms with Crippen LogP contribution in [0.4, 0.5) is 5.82 Å². The molecule has 102 valence electrons. The molecule has 0 aliphatic carbocycles. The SMILES string of the molecule is [N-]=[N+]=N[C@@H]1[C@H](O)[C@@H](CO)[Se][C@H]1n1ccc(N)nc1=O. The van der Waals surface area contributed by atoms with Crippen LogP contribution < -0.4 is 11.4 Å². The summed E-state index contributed by atoms with van der Waals surface area (Å²) >= 11 is -0.297. The van der Waals surface area contributed by atoms with Crippen molar-refractivity contribution in [2.24, 2.45) is 5.11 Å². The second-order valence-electron chi connectivity index (χ2n) is 3.98. The molecule has 0 amide bonds. The van der Waals surface area contributed by atoms with E-state index in [0.717, 1.165) is 0 Å². The van der Waals surface area contributed by atoms with E-state index < -0.39 is 22.8 Å². The molecule has 9 nitrogen and oxygen atoms in total. The van der Waals surface area contributed by atoms with E-state index in [9.17, 15) is 15.0 Å². The average molecular weight is 331 g/mol. The Labute approximate surface area is 113 Å². The van der Waals surface area contributed by atoms with E-state index in [1.165, 1.54) is 16.8 Å². The number of aliphatic hydroxyl groups is 2. The second-order valence-corrected chi connectivity index (χ2v) is 6.83. The number of hydrogen-bond donors (Lipinski definition) is 3. The van der Waals surface area contributed by atoms with Crippen molar-refractivity contribution in [3.8, 4) is 0 Å². The van der Waals surface area contributed by atoms with Crippen LogP contribution in [0.15, 0.2) is 22.2 Å². The number of rotatable bonds is 3. The third-order valence-electron chi connectivity index (χ3n) is 2.83. The van der Waals surface area contributed by atoms with Gasteiger partial charge in [0, 0.05) is 0 Å². The number of aromatic nitrogens is 2. The number of nitrogen functional groups attached to an aromatic ring is 1. The van der Waals surface area contributed by atoms with Crippen LogP contribution >= 0.6 is 0 Å². The first kappa shape index (κ1) is 13.9. The first-order valence-electron chi connectivity index (χ1n) is 5.41. The van der Waals surface area contributed by atoms with Crippen LogP contribution in [0.1, 0.15) is 4.94 Å². The van der Waals surface area contributed by atoms with Gasteiger partial charge in [0.25, 0.3) is 0 Å².